The Morgan fingerprint density at radius 3 is 2.44 bits per heavy atom. The SMILES string of the molecule is CC(C)CS(=O)(=O)CCC(=O)NC(CN)C1CC1. The van der Waals surface area contributed by atoms with Gasteiger partial charge in [-0.1, -0.05) is 13.8 Å². The monoisotopic (exact) mass is 276 g/mol. The quantitative estimate of drug-likeness (QED) is 0.667. The van der Waals surface area contributed by atoms with Gasteiger partial charge in [0.15, 0.2) is 9.84 Å². The fraction of sp³-hybridized carbons (Fsp3) is 0.917. The Bertz CT molecular complexity index is 375. The van der Waals surface area contributed by atoms with Crippen LogP contribution in [0.4, 0.5) is 0 Å². The number of sulfone groups is 1. The summed E-state index contributed by atoms with van der Waals surface area (Å²) >= 11 is 0. The molecule has 1 amide bonds. The maximum Gasteiger partial charge on any atom is 0.221 e. The van der Waals surface area contributed by atoms with E-state index in [2.05, 4.69) is 5.32 Å². The minimum atomic E-state index is -3.12. The zero-order valence-corrected chi connectivity index (χ0v) is 12.0. The topological polar surface area (TPSA) is 89.3 Å². The van der Waals surface area contributed by atoms with Gasteiger partial charge in [0.1, 0.15) is 0 Å². The molecule has 0 aromatic rings. The maximum atomic E-state index is 11.6. The van der Waals surface area contributed by atoms with E-state index < -0.39 is 9.84 Å². The van der Waals surface area contributed by atoms with Crippen LogP contribution in [0.15, 0.2) is 0 Å². The summed E-state index contributed by atoms with van der Waals surface area (Å²) in [6.07, 6.45) is 2.25. The normalized spacial score (nSPS) is 17.8. The zero-order chi connectivity index (χ0) is 13.8. The Hall–Kier alpha value is -0.620. The Morgan fingerprint density at radius 1 is 1.39 bits per heavy atom. The van der Waals surface area contributed by atoms with Gasteiger partial charge in [-0.15, -0.1) is 0 Å². The predicted molar refractivity (Wildman–Crippen MR) is 71.8 cm³/mol. The minimum absolute atomic E-state index is 0.0188. The molecule has 3 N–H and O–H groups in total. The number of nitrogens with one attached hydrogen (secondary N) is 1. The van der Waals surface area contributed by atoms with E-state index in [9.17, 15) is 13.2 Å². The van der Waals surface area contributed by atoms with Crippen molar-refractivity contribution in [1.82, 2.24) is 5.32 Å². The molecule has 18 heavy (non-hydrogen) atoms. The van der Waals surface area contributed by atoms with Crippen molar-refractivity contribution in [3.05, 3.63) is 0 Å². The molecule has 1 fully saturated rings. The van der Waals surface area contributed by atoms with Crippen molar-refractivity contribution in [2.45, 2.75) is 39.2 Å². The molecule has 0 aromatic carbocycles. The number of rotatable bonds is 8. The van der Waals surface area contributed by atoms with Crippen LogP contribution >= 0.6 is 0 Å². The van der Waals surface area contributed by atoms with Gasteiger partial charge in [-0.05, 0) is 24.7 Å². The van der Waals surface area contributed by atoms with Crippen LogP contribution in [0.5, 0.6) is 0 Å². The molecule has 0 radical (unpaired) electrons. The molecule has 0 aliphatic heterocycles. The number of amides is 1. The van der Waals surface area contributed by atoms with E-state index in [0.717, 1.165) is 12.8 Å². The van der Waals surface area contributed by atoms with Crippen molar-refractivity contribution in [2.75, 3.05) is 18.1 Å². The lowest BCUT2D eigenvalue weighted by atomic mass is 10.2. The predicted octanol–water partition coefficient (Wildman–Crippen LogP) is 0.301. The average molecular weight is 276 g/mol. The van der Waals surface area contributed by atoms with E-state index in [4.69, 9.17) is 5.73 Å². The van der Waals surface area contributed by atoms with Gasteiger partial charge in [0.25, 0.3) is 0 Å². The number of carbonyl (C=O) groups is 1. The van der Waals surface area contributed by atoms with Crippen molar-refractivity contribution in [1.29, 1.82) is 0 Å². The fourth-order valence-electron chi connectivity index (χ4n) is 1.99. The van der Waals surface area contributed by atoms with Gasteiger partial charge in [0, 0.05) is 19.0 Å². The highest BCUT2D eigenvalue weighted by atomic mass is 32.2. The number of carbonyl (C=O) groups excluding carboxylic acids is 1. The molecule has 1 saturated carbocycles. The highest BCUT2D eigenvalue weighted by Crippen LogP contribution is 2.32. The summed E-state index contributed by atoms with van der Waals surface area (Å²) in [7, 11) is -3.12. The second-order valence-corrected chi connectivity index (χ2v) is 7.73. The molecule has 0 saturated heterocycles. The summed E-state index contributed by atoms with van der Waals surface area (Å²) in [5.74, 6) is 0.458. The highest BCUT2D eigenvalue weighted by molar-refractivity contribution is 7.91. The van der Waals surface area contributed by atoms with Crippen LogP contribution in [-0.2, 0) is 14.6 Å². The van der Waals surface area contributed by atoms with Crippen LogP contribution in [0.1, 0.15) is 33.1 Å². The third kappa shape index (κ3) is 5.82. The third-order valence-corrected chi connectivity index (χ3v) is 5.02. The minimum Gasteiger partial charge on any atom is -0.352 e. The van der Waals surface area contributed by atoms with E-state index in [-0.39, 0.29) is 35.8 Å². The summed E-state index contributed by atoms with van der Waals surface area (Å²) in [5, 5.41) is 2.83. The van der Waals surface area contributed by atoms with Crippen LogP contribution in [-0.4, -0.2) is 38.4 Å². The largest absolute Gasteiger partial charge is 0.352 e. The van der Waals surface area contributed by atoms with Crippen LogP contribution in [0.3, 0.4) is 0 Å². The van der Waals surface area contributed by atoms with E-state index in [1.165, 1.54) is 0 Å². The molecule has 1 rings (SSSR count). The molecular weight excluding hydrogens is 252 g/mol. The first-order chi connectivity index (χ1) is 8.34. The Labute approximate surface area is 109 Å². The smallest absolute Gasteiger partial charge is 0.221 e. The fourth-order valence-corrected chi connectivity index (χ4v) is 3.66. The average Bonchev–Trinajstić information content (AvgIpc) is 3.05. The number of hydrogen-bond donors (Lipinski definition) is 2. The molecule has 106 valence electrons. The molecule has 1 unspecified atom stereocenters. The molecule has 0 spiro atoms. The van der Waals surface area contributed by atoms with Crippen LogP contribution in [0.25, 0.3) is 0 Å². The van der Waals surface area contributed by atoms with E-state index >= 15 is 0 Å². The van der Waals surface area contributed by atoms with Gasteiger partial charge in [0.2, 0.25) is 5.91 Å². The van der Waals surface area contributed by atoms with Crippen LogP contribution < -0.4 is 11.1 Å². The molecule has 1 atom stereocenters. The Morgan fingerprint density at radius 2 is 2.00 bits per heavy atom. The highest BCUT2D eigenvalue weighted by Gasteiger charge is 2.31. The van der Waals surface area contributed by atoms with Gasteiger partial charge in [-0.3, -0.25) is 4.79 Å². The molecular formula is C12H24N2O3S. The van der Waals surface area contributed by atoms with Gasteiger partial charge >= 0.3 is 0 Å². The van der Waals surface area contributed by atoms with E-state index in [1.807, 2.05) is 13.8 Å². The van der Waals surface area contributed by atoms with Crippen molar-refractivity contribution in [3.63, 3.8) is 0 Å². The van der Waals surface area contributed by atoms with E-state index in [1.54, 1.807) is 0 Å². The summed E-state index contributed by atoms with van der Waals surface area (Å²) in [4.78, 5) is 11.6. The summed E-state index contributed by atoms with van der Waals surface area (Å²) in [6.45, 7) is 4.14. The molecule has 6 heteroatoms. The lowest BCUT2D eigenvalue weighted by Gasteiger charge is -2.16. The lowest BCUT2D eigenvalue weighted by molar-refractivity contribution is -0.121. The molecule has 1 aliphatic carbocycles. The zero-order valence-electron chi connectivity index (χ0n) is 11.2. The first-order valence-corrected chi connectivity index (χ1v) is 8.36. The third-order valence-electron chi connectivity index (χ3n) is 3.02. The van der Waals surface area contributed by atoms with Gasteiger partial charge in [-0.25, -0.2) is 8.42 Å². The Kier molecular flexibility index (Phi) is 5.59. The number of nitrogens with two attached hydrogens (primary N) is 1. The van der Waals surface area contributed by atoms with Crippen molar-refractivity contribution < 1.29 is 13.2 Å². The lowest BCUT2D eigenvalue weighted by Crippen LogP contribution is -2.42. The van der Waals surface area contributed by atoms with Gasteiger partial charge < -0.3 is 11.1 Å². The van der Waals surface area contributed by atoms with Crippen molar-refractivity contribution >= 4 is 15.7 Å². The maximum absolute atomic E-state index is 11.6. The second kappa shape index (κ2) is 6.52. The number of hydrogen-bond acceptors (Lipinski definition) is 4. The van der Waals surface area contributed by atoms with Crippen molar-refractivity contribution in [3.8, 4) is 0 Å². The van der Waals surface area contributed by atoms with Gasteiger partial charge in [-0.2, -0.15) is 0 Å². The standard InChI is InChI=1S/C12H24N2O3S/c1-9(2)8-18(16,17)6-5-12(15)14-11(7-13)10-3-4-10/h9-11H,3-8,13H2,1-2H3,(H,14,15). The van der Waals surface area contributed by atoms with Crippen LogP contribution in [0, 0.1) is 11.8 Å². The summed E-state index contributed by atoms with van der Waals surface area (Å²) < 4.78 is 23.3. The van der Waals surface area contributed by atoms with Crippen LogP contribution in [0.2, 0.25) is 0 Å². The first kappa shape index (κ1) is 15.4. The summed E-state index contributed by atoms with van der Waals surface area (Å²) in [6, 6.07) is 0.0188. The molecule has 1 aliphatic rings. The second-order valence-electron chi connectivity index (χ2n) is 5.51. The van der Waals surface area contributed by atoms with Gasteiger partial charge in [0.05, 0.1) is 11.5 Å². The van der Waals surface area contributed by atoms with Crippen molar-refractivity contribution in [2.24, 2.45) is 17.6 Å². The molecule has 0 heterocycles. The van der Waals surface area contributed by atoms with E-state index in [0.29, 0.717) is 12.5 Å². The summed E-state index contributed by atoms with van der Waals surface area (Å²) in [5.41, 5.74) is 5.58. The Balaban J connectivity index is 2.31. The molecule has 0 aromatic heterocycles. The molecule has 5 nitrogen and oxygen atoms in total. The first-order valence-electron chi connectivity index (χ1n) is 6.54. The molecule has 0 bridgehead atoms.